The molecule has 5 nitrogen and oxygen atoms in total. The van der Waals surface area contributed by atoms with Crippen LogP contribution in [0.4, 0.5) is 5.69 Å². The van der Waals surface area contributed by atoms with Crippen LogP contribution in [-0.4, -0.2) is 14.7 Å². The highest BCUT2D eigenvalue weighted by atomic mass is 32.1. The summed E-state index contributed by atoms with van der Waals surface area (Å²) in [5, 5.41) is 13.9. The van der Waals surface area contributed by atoms with Crippen molar-refractivity contribution in [1.82, 2.24) is 9.78 Å². The highest BCUT2D eigenvalue weighted by Crippen LogP contribution is 2.19. The lowest BCUT2D eigenvalue weighted by Crippen LogP contribution is -1.99. The molecule has 0 atom stereocenters. The van der Waals surface area contributed by atoms with E-state index >= 15 is 0 Å². The smallest absolute Gasteiger partial charge is 0.271 e. The second-order valence-electron chi connectivity index (χ2n) is 4.32. The van der Waals surface area contributed by atoms with Crippen LogP contribution in [0.1, 0.15) is 25.5 Å². The molecule has 0 aliphatic rings. The molecular weight excluding hydrogens is 250 g/mol. The van der Waals surface area contributed by atoms with E-state index in [1.54, 1.807) is 16.8 Å². The fourth-order valence-corrected chi connectivity index (χ4v) is 1.93. The van der Waals surface area contributed by atoms with Crippen molar-refractivity contribution in [2.45, 2.75) is 19.8 Å². The average Bonchev–Trinajstić information content (AvgIpc) is 2.72. The number of H-pyrrole nitrogens is 1. The minimum Gasteiger partial charge on any atom is -0.297 e. The van der Waals surface area contributed by atoms with Crippen molar-refractivity contribution in [3.8, 4) is 5.69 Å². The van der Waals surface area contributed by atoms with E-state index in [2.05, 4.69) is 18.9 Å². The van der Waals surface area contributed by atoms with Crippen molar-refractivity contribution in [3.63, 3.8) is 0 Å². The van der Waals surface area contributed by atoms with Crippen LogP contribution in [0.5, 0.6) is 0 Å². The zero-order chi connectivity index (χ0) is 13.3. The Hall–Kier alpha value is -1.95. The summed E-state index contributed by atoms with van der Waals surface area (Å²) < 4.78 is 2.29. The lowest BCUT2D eigenvalue weighted by atomic mass is 10.1. The molecule has 0 amide bonds. The van der Waals surface area contributed by atoms with Gasteiger partial charge in [-0.05, 0) is 18.1 Å². The molecule has 0 bridgehead atoms. The number of hydrogen-bond donors (Lipinski definition) is 1. The standard InChI is InChI=1S/C12H13N3O2S/c1-8(2)11-7-12(18)14(13-11)9-4-3-5-10(6-9)15(16)17/h3-8,13H,1-2H3. The summed E-state index contributed by atoms with van der Waals surface area (Å²) in [7, 11) is 0. The maximum absolute atomic E-state index is 10.7. The van der Waals surface area contributed by atoms with Gasteiger partial charge in [-0.3, -0.25) is 15.2 Å². The van der Waals surface area contributed by atoms with E-state index in [0.717, 1.165) is 5.69 Å². The van der Waals surface area contributed by atoms with Gasteiger partial charge in [0.25, 0.3) is 5.69 Å². The molecule has 0 fully saturated rings. The van der Waals surface area contributed by atoms with Gasteiger partial charge in [-0.25, -0.2) is 4.68 Å². The van der Waals surface area contributed by atoms with Gasteiger partial charge in [-0.15, -0.1) is 0 Å². The van der Waals surface area contributed by atoms with Gasteiger partial charge >= 0.3 is 0 Å². The normalized spacial score (nSPS) is 10.8. The van der Waals surface area contributed by atoms with Gasteiger partial charge in [0.2, 0.25) is 0 Å². The van der Waals surface area contributed by atoms with E-state index < -0.39 is 4.92 Å². The molecule has 94 valence electrons. The molecule has 2 rings (SSSR count). The Bertz CT molecular complexity index is 643. The number of rotatable bonds is 3. The molecule has 0 unspecified atom stereocenters. The zero-order valence-corrected chi connectivity index (χ0v) is 10.9. The van der Waals surface area contributed by atoms with Gasteiger partial charge in [0.1, 0.15) is 4.64 Å². The van der Waals surface area contributed by atoms with Crippen molar-refractivity contribution in [2.75, 3.05) is 0 Å². The molecule has 0 spiro atoms. The summed E-state index contributed by atoms with van der Waals surface area (Å²) in [5.41, 5.74) is 1.72. The van der Waals surface area contributed by atoms with Crippen LogP contribution < -0.4 is 0 Å². The predicted molar refractivity (Wildman–Crippen MR) is 71.7 cm³/mol. The van der Waals surface area contributed by atoms with Crippen LogP contribution in [-0.2, 0) is 0 Å². The Labute approximate surface area is 109 Å². The first-order valence-electron chi connectivity index (χ1n) is 5.56. The average molecular weight is 263 g/mol. The second-order valence-corrected chi connectivity index (χ2v) is 4.74. The van der Waals surface area contributed by atoms with E-state index in [0.29, 0.717) is 16.2 Å². The third kappa shape index (κ3) is 2.33. The van der Waals surface area contributed by atoms with Gasteiger partial charge in [0.15, 0.2) is 0 Å². The number of aromatic amines is 1. The molecule has 1 aromatic heterocycles. The number of aromatic nitrogens is 2. The highest BCUT2D eigenvalue weighted by molar-refractivity contribution is 7.71. The second kappa shape index (κ2) is 4.73. The fourth-order valence-electron chi connectivity index (χ4n) is 1.65. The molecule has 0 aliphatic carbocycles. The topological polar surface area (TPSA) is 63.9 Å². The number of nitrogens with one attached hydrogen (secondary N) is 1. The summed E-state index contributed by atoms with van der Waals surface area (Å²) in [6.45, 7) is 4.11. The third-order valence-corrected chi connectivity index (χ3v) is 2.96. The van der Waals surface area contributed by atoms with Gasteiger partial charge in [-0.2, -0.15) is 0 Å². The Morgan fingerprint density at radius 1 is 1.39 bits per heavy atom. The van der Waals surface area contributed by atoms with Crippen LogP contribution in [0.3, 0.4) is 0 Å². The SMILES string of the molecule is CC(C)c1cc(=S)n(-c2cccc([N+](=O)[O-])c2)[nH]1. The Morgan fingerprint density at radius 2 is 2.11 bits per heavy atom. The minimum absolute atomic E-state index is 0.0510. The Morgan fingerprint density at radius 3 is 2.67 bits per heavy atom. The monoisotopic (exact) mass is 263 g/mol. The van der Waals surface area contributed by atoms with E-state index in [1.165, 1.54) is 12.1 Å². The van der Waals surface area contributed by atoms with Gasteiger partial charge in [0.05, 0.1) is 10.6 Å². The Balaban J connectivity index is 2.52. The van der Waals surface area contributed by atoms with Gasteiger partial charge < -0.3 is 0 Å². The van der Waals surface area contributed by atoms with Crippen molar-refractivity contribution in [3.05, 3.63) is 50.8 Å². The summed E-state index contributed by atoms with van der Waals surface area (Å²) in [6.07, 6.45) is 0. The van der Waals surface area contributed by atoms with E-state index in [1.807, 2.05) is 6.07 Å². The van der Waals surface area contributed by atoms with Crippen LogP contribution >= 0.6 is 12.2 Å². The maximum Gasteiger partial charge on any atom is 0.271 e. The predicted octanol–water partition coefficient (Wildman–Crippen LogP) is 3.57. The van der Waals surface area contributed by atoms with Crippen molar-refractivity contribution < 1.29 is 4.92 Å². The zero-order valence-electron chi connectivity index (χ0n) is 10.1. The first kappa shape index (κ1) is 12.5. The lowest BCUT2D eigenvalue weighted by molar-refractivity contribution is -0.384. The molecule has 0 saturated carbocycles. The quantitative estimate of drug-likeness (QED) is 0.523. The summed E-state index contributed by atoms with van der Waals surface area (Å²) >= 11 is 5.24. The molecule has 1 heterocycles. The van der Waals surface area contributed by atoms with Crippen LogP contribution in [0.25, 0.3) is 5.69 Å². The molecule has 0 saturated heterocycles. The first-order valence-corrected chi connectivity index (χ1v) is 5.96. The van der Waals surface area contributed by atoms with Crippen molar-refractivity contribution in [2.24, 2.45) is 0 Å². The van der Waals surface area contributed by atoms with Crippen LogP contribution in [0.2, 0.25) is 0 Å². The highest BCUT2D eigenvalue weighted by Gasteiger charge is 2.09. The molecule has 2 aromatic rings. The summed E-state index contributed by atoms with van der Waals surface area (Å²) in [6, 6.07) is 8.25. The minimum atomic E-state index is -0.417. The lowest BCUT2D eigenvalue weighted by Gasteiger charge is -2.04. The number of nitro benzene ring substituents is 1. The number of hydrogen-bond acceptors (Lipinski definition) is 3. The molecule has 0 radical (unpaired) electrons. The van der Waals surface area contributed by atoms with Crippen molar-refractivity contribution in [1.29, 1.82) is 0 Å². The van der Waals surface area contributed by atoms with Crippen LogP contribution in [0, 0.1) is 14.8 Å². The van der Waals surface area contributed by atoms with Gasteiger partial charge in [0, 0.05) is 17.8 Å². The number of nitrogens with zero attached hydrogens (tertiary/aromatic N) is 2. The van der Waals surface area contributed by atoms with Gasteiger partial charge in [-0.1, -0.05) is 32.1 Å². The number of nitro groups is 1. The van der Waals surface area contributed by atoms with E-state index in [-0.39, 0.29) is 5.69 Å². The first-order chi connectivity index (χ1) is 8.49. The van der Waals surface area contributed by atoms with Crippen molar-refractivity contribution >= 4 is 17.9 Å². The van der Waals surface area contributed by atoms with E-state index in [9.17, 15) is 10.1 Å². The maximum atomic E-state index is 10.7. The largest absolute Gasteiger partial charge is 0.297 e. The number of benzene rings is 1. The molecule has 0 aliphatic heterocycles. The van der Waals surface area contributed by atoms with E-state index in [4.69, 9.17) is 12.2 Å². The molecule has 1 N–H and O–H groups in total. The number of non-ortho nitro benzene ring substituents is 1. The molecule has 6 heteroatoms. The Kier molecular flexibility index (Phi) is 3.29. The fraction of sp³-hybridized carbons (Fsp3) is 0.250. The summed E-state index contributed by atoms with van der Waals surface area (Å²) in [5.74, 6) is 0.326. The molecule has 1 aromatic carbocycles. The molecular formula is C12H13N3O2S. The molecule has 18 heavy (non-hydrogen) atoms. The van der Waals surface area contributed by atoms with Crippen LogP contribution in [0.15, 0.2) is 30.3 Å². The summed E-state index contributed by atoms with van der Waals surface area (Å²) in [4.78, 5) is 10.3. The third-order valence-electron chi connectivity index (χ3n) is 2.66.